The third kappa shape index (κ3) is 1.97. The standard InChI is InChI=1S/C12H13FN2/c1-2-14-8-9-5-6-11(13)10-4-3-7-15-12(9)10/h3-7,14H,2,8H2,1H3. The molecule has 15 heavy (non-hydrogen) atoms. The van der Waals surface area contributed by atoms with Crippen molar-refractivity contribution in [3.8, 4) is 0 Å². The quantitative estimate of drug-likeness (QED) is 0.830. The molecule has 2 nitrogen and oxygen atoms in total. The maximum absolute atomic E-state index is 13.4. The summed E-state index contributed by atoms with van der Waals surface area (Å²) in [6, 6.07) is 6.79. The van der Waals surface area contributed by atoms with E-state index in [0.29, 0.717) is 5.39 Å². The average molecular weight is 204 g/mol. The van der Waals surface area contributed by atoms with Crippen molar-refractivity contribution in [2.24, 2.45) is 0 Å². The van der Waals surface area contributed by atoms with Crippen molar-refractivity contribution in [3.05, 3.63) is 41.8 Å². The molecule has 0 atom stereocenters. The van der Waals surface area contributed by atoms with E-state index >= 15 is 0 Å². The number of nitrogens with one attached hydrogen (secondary N) is 1. The smallest absolute Gasteiger partial charge is 0.132 e. The van der Waals surface area contributed by atoms with Crippen LogP contribution in [-0.4, -0.2) is 11.5 Å². The zero-order valence-corrected chi connectivity index (χ0v) is 8.63. The van der Waals surface area contributed by atoms with E-state index in [1.807, 2.05) is 6.92 Å². The van der Waals surface area contributed by atoms with Crippen LogP contribution in [0.25, 0.3) is 10.9 Å². The molecule has 0 aliphatic heterocycles. The Labute approximate surface area is 88.1 Å². The first kappa shape index (κ1) is 10.1. The van der Waals surface area contributed by atoms with Crippen molar-refractivity contribution < 1.29 is 4.39 Å². The van der Waals surface area contributed by atoms with Crippen molar-refractivity contribution in [3.63, 3.8) is 0 Å². The van der Waals surface area contributed by atoms with Crippen molar-refractivity contribution in [1.29, 1.82) is 0 Å². The Hall–Kier alpha value is -1.48. The van der Waals surface area contributed by atoms with Crippen molar-refractivity contribution in [2.45, 2.75) is 13.5 Å². The average Bonchev–Trinajstić information content (AvgIpc) is 2.29. The fourth-order valence-corrected chi connectivity index (χ4v) is 1.60. The molecule has 3 heteroatoms. The zero-order valence-electron chi connectivity index (χ0n) is 8.63. The normalized spacial score (nSPS) is 10.8. The fourth-order valence-electron chi connectivity index (χ4n) is 1.60. The second kappa shape index (κ2) is 4.36. The Morgan fingerprint density at radius 1 is 1.33 bits per heavy atom. The second-order valence-electron chi connectivity index (χ2n) is 3.39. The van der Waals surface area contributed by atoms with Crippen LogP contribution in [0.1, 0.15) is 12.5 Å². The summed E-state index contributed by atoms with van der Waals surface area (Å²) >= 11 is 0. The van der Waals surface area contributed by atoms with Gasteiger partial charge in [0, 0.05) is 18.1 Å². The van der Waals surface area contributed by atoms with Gasteiger partial charge < -0.3 is 5.32 Å². The van der Waals surface area contributed by atoms with Gasteiger partial charge in [-0.15, -0.1) is 0 Å². The number of hydrogen-bond acceptors (Lipinski definition) is 2. The first-order chi connectivity index (χ1) is 7.33. The van der Waals surface area contributed by atoms with Crippen LogP contribution in [0.4, 0.5) is 4.39 Å². The largest absolute Gasteiger partial charge is 0.313 e. The van der Waals surface area contributed by atoms with E-state index < -0.39 is 0 Å². The van der Waals surface area contributed by atoms with Crippen LogP contribution >= 0.6 is 0 Å². The third-order valence-corrected chi connectivity index (χ3v) is 2.37. The first-order valence-corrected chi connectivity index (χ1v) is 5.05. The van der Waals surface area contributed by atoms with Crippen LogP contribution in [0.3, 0.4) is 0 Å². The van der Waals surface area contributed by atoms with Crippen LogP contribution < -0.4 is 5.32 Å². The van der Waals surface area contributed by atoms with Gasteiger partial charge in [-0.2, -0.15) is 0 Å². The number of hydrogen-bond donors (Lipinski definition) is 1. The van der Waals surface area contributed by atoms with E-state index in [2.05, 4.69) is 10.3 Å². The molecule has 0 spiro atoms. The molecule has 0 saturated heterocycles. The van der Waals surface area contributed by atoms with Crippen LogP contribution in [0.15, 0.2) is 30.5 Å². The minimum atomic E-state index is -0.210. The van der Waals surface area contributed by atoms with Crippen molar-refractivity contribution >= 4 is 10.9 Å². The van der Waals surface area contributed by atoms with E-state index in [4.69, 9.17) is 0 Å². The van der Waals surface area contributed by atoms with Gasteiger partial charge >= 0.3 is 0 Å². The Morgan fingerprint density at radius 3 is 3.00 bits per heavy atom. The predicted octanol–water partition coefficient (Wildman–Crippen LogP) is 2.48. The molecule has 0 bridgehead atoms. The van der Waals surface area contributed by atoms with E-state index in [9.17, 15) is 4.39 Å². The Bertz CT molecular complexity index is 468. The highest BCUT2D eigenvalue weighted by Crippen LogP contribution is 2.19. The number of aromatic nitrogens is 1. The van der Waals surface area contributed by atoms with Gasteiger partial charge in [0.05, 0.1) is 5.52 Å². The molecule has 0 fully saturated rings. The van der Waals surface area contributed by atoms with Crippen LogP contribution in [-0.2, 0) is 6.54 Å². The van der Waals surface area contributed by atoms with Gasteiger partial charge in [0.1, 0.15) is 5.82 Å². The molecule has 78 valence electrons. The molecule has 0 saturated carbocycles. The molecular formula is C12H13FN2. The summed E-state index contributed by atoms with van der Waals surface area (Å²) in [6.45, 7) is 3.66. The monoisotopic (exact) mass is 204 g/mol. The lowest BCUT2D eigenvalue weighted by atomic mass is 10.1. The predicted molar refractivity (Wildman–Crippen MR) is 59.1 cm³/mol. The summed E-state index contributed by atoms with van der Waals surface area (Å²) in [6.07, 6.45) is 1.69. The highest BCUT2D eigenvalue weighted by molar-refractivity contribution is 5.82. The Morgan fingerprint density at radius 2 is 2.20 bits per heavy atom. The highest BCUT2D eigenvalue weighted by atomic mass is 19.1. The van der Waals surface area contributed by atoms with Gasteiger partial charge in [-0.25, -0.2) is 4.39 Å². The Balaban J connectivity index is 2.51. The fraction of sp³-hybridized carbons (Fsp3) is 0.250. The molecule has 1 aromatic heterocycles. The molecule has 1 heterocycles. The molecule has 2 rings (SSSR count). The van der Waals surface area contributed by atoms with E-state index in [1.165, 1.54) is 6.07 Å². The SMILES string of the molecule is CCNCc1ccc(F)c2cccnc12. The molecule has 0 aliphatic rings. The van der Waals surface area contributed by atoms with Gasteiger partial charge in [0.2, 0.25) is 0 Å². The minimum absolute atomic E-state index is 0.210. The summed E-state index contributed by atoms with van der Waals surface area (Å²) in [7, 11) is 0. The third-order valence-electron chi connectivity index (χ3n) is 2.37. The summed E-state index contributed by atoms with van der Waals surface area (Å²) < 4.78 is 13.4. The van der Waals surface area contributed by atoms with E-state index in [1.54, 1.807) is 24.4 Å². The first-order valence-electron chi connectivity index (χ1n) is 5.05. The summed E-state index contributed by atoms with van der Waals surface area (Å²) in [5, 5.41) is 3.80. The maximum atomic E-state index is 13.4. The minimum Gasteiger partial charge on any atom is -0.313 e. The second-order valence-corrected chi connectivity index (χ2v) is 3.39. The number of halogens is 1. The van der Waals surface area contributed by atoms with Crippen LogP contribution in [0.2, 0.25) is 0 Å². The van der Waals surface area contributed by atoms with Gasteiger partial charge in [-0.05, 0) is 30.3 Å². The zero-order chi connectivity index (χ0) is 10.7. The molecular weight excluding hydrogens is 191 g/mol. The van der Waals surface area contributed by atoms with E-state index in [-0.39, 0.29) is 5.82 Å². The molecule has 1 aromatic carbocycles. The molecule has 0 aliphatic carbocycles. The lowest BCUT2D eigenvalue weighted by molar-refractivity contribution is 0.638. The van der Waals surface area contributed by atoms with Gasteiger partial charge in [0.15, 0.2) is 0 Å². The lowest BCUT2D eigenvalue weighted by Crippen LogP contribution is -2.12. The van der Waals surface area contributed by atoms with Crippen molar-refractivity contribution in [1.82, 2.24) is 10.3 Å². The van der Waals surface area contributed by atoms with Crippen LogP contribution in [0, 0.1) is 5.82 Å². The van der Waals surface area contributed by atoms with Gasteiger partial charge in [0.25, 0.3) is 0 Å². The highest BCUT2D eigenvalue weighted by Gasteiger charge is 2.05. The summed E-state index contributed by atoms with van der Waals surface area (Å²) in [5.74, 6) is -0.210. The molecule has 0 amide bonds. The molecule has 1 N–H and O–H groups in total. The number of rotatable bonds is 3. The van der Waals surface area contributed by atoms with Crippen molar-refractivity contribution in [2.75, 3.05) is 6.54 Å². The summed E-state index contributed by atoms with van der Waals surface area (Å²) in [5.41, 5.74) is 1.78. The van der Waals surface area contributed by atoms with Gasteiger partial charge in [-0.3, -0.25) is 4.98 Å². The topological polar surface area (TPSA) is 24.9 Å². The summed E-state index contributed by atoms with van der Waals surface area (Å²) in [4.78, 5) is 4.21. The number of fused-ring (bicyclic) bond motifs is 1. The van der Waals surface area contributed by atoms with Crippen LogP contribution in [0.5, 0.6) is 0 Å². The maximum Gasteiger partial charge on any atom is 0.132 e. The molecule has 2 aromatic rings. The number of pyridine rings is 1. The lowest BCUT2D eigenvalue weighted by Gasteiger charge is -2.06. The number of benzene rings is 1. The molecule has 0 unspecified atom stereocenters. The van der Waals surface area contributed by atoms with E-state index in [0.717, 1.165) is 24.2 Å². The van der Waals surface area contributed by atoms with Gasteiger partial charge in [-0.1, -0.05) is 13.0 Å². The number of nitrogens with zero attached hydrogens (tertiary/aromatic N) is 1. The molecule has 0 radical (unpaired) electrons. The Kier molecular flexibility index (Phi) is 2.92.